The molecule has 1 aromatic heterocycles. The van der Waals surface area contributed by atoms with Crippen molar-refractivity contribution in [3.05, 3.63) is 53.9 Å². The van der Waals surface area contributed by atoms with Crippen molar-refractivity contribution in [1.29, 1.82) is 0 Å². The fourth-order valence-electron chi connectivity index (χ4n) is 1.45. The van der Waals surface area contributed by atoms with Crippen LogP contribution < -0.4 is 0 Å². The molecule has 0 spiro atoms. The van der Waals surface area contributed by atoms with Crippen LogP contribution in [0.2, 0.25) is 0 Å². The van der Waals surface area contributed by atoms with Crippen molar-refractivity contribution >= 4 is 0 Å². The summed E-state index contributed by atoms with van der Waals surface area (Å²) in [4.78, 5) is 3.06. The van der Waals surface area contributed by atoms with Gasteiger partial charge in [-0.15, -0.1) is 0 Å². The minimum absolute atomic E-state index is 0.0729. The highest BCUT2D eigenvalue weighted by Crippen LogP contribution is 2.33. The van der Waals surface area contributed by atoms with Gasteiger partial charge in [0.15, 0.2) is 0 Å². The van der Waals surface area contributed by atoms with Crippen molar-refractivity contribution in [2.24, 2.45) is 0 Å². The summed E-state index contributed by atoms with van der Waals surface area (Å²) in [6, 6.07) is 5.45. The molecule has 0 amide bonds. The summed E-state index contributed by atoms with van der Waals surface area (Å²) < 4.78 is 63.0. The van der Waals surface area contributed by atoms with E-state index < -0.39 is 23.5 Å². The summed E-state index contributed by atoms with van der Waals surface area (Å²) >= 11 is 0. The monoisotopic (exact) mass is 259 g/mol. The van der Waals surface area contributed by atoms with Crippen LogP contribution in [0.15, 0.2) is 36.5 Å². The first-order chi connectivity index (χ1) is 8.38. The molecule has 0 aliphatic heterocycles. The van der Waals surface area contributed by atoms with Crippen molar-refractivity contribution in [3.8, 4) is 11.1 Å². The second-order valence-electron chi connectivity index (χ2n) is 3.57. The maximum absolute atomic E-state index is 13.0. The van der Waals surface area contributed by atoms with Gasteiger partial charge in [-0.2, -0.15) is 17.6 Å². The van der Waals surface area contributed by atoms with Crippen LogP contribution in [0.4, 0.5) is 22.0 Å². The molecule has 0 aliphatic carbocycles. The van der Waals surface area contributed by atoms with E-state index in [1.54, 1.807) is 0 Å². The zero-order valence-corrected chi connectivity index (χ0v) is 8.80. The first-order valence-corrected chi connectivity index (χ1v) is 4.86. The Morgan fingerprint density at radius 2 is 1.50 bits per heavy atom. The molecule has 1 heterocycles. The van der Waals surface area contributed by atoms with Crippen LogP contribution in [0.5, 0.6) is 0 Å². The van der Waals surface area contributed by atoms with Gasteiger partial charge in [0, 0.05) is 11.8 Å². The van der Waals surface area contributed by atoms with Gasteiger partial charge >= 0.3 is 6.18 Å². The van der Waals surface area contributed by atoms with E-state index >= 15 is 0 Å². The number of nitrogens with zero attached hydrogens (tertiary/aromatic N) is 1. The molecule has 1 aromatic carbocycles. The largest absolute Gasteiger partial charge is 0.420 e. The van der Waals surface area contributed by atoms with Crippen molar-refractivity contribution < 1.29 is 22.0 Å². The molecule has 2 rings (SSSR count). The van der Waals surface area contributed by atoms with Crippen LogP contribution in [0.25, 0.3) is 11.1 Å². The third-order valence-electron chi connectivity index (χ3n) is 2.32. The van der Waals surface area contributed by atoms with Gasteiger partial charge in [0.2, 0.25) is 5.95 Å². The van der Waals surface area contributed by atoms with Crippen LogP contribution in [0, 0.1) is 11.8 Å². The van der Waals surface area contributed by atoms with E-state index in [0.717, 1.165) is 18.3 Å². The Balaban J connectivity index is 2.50. The highest BCUT2D eigenvalue weighted by atomic mass is 19.4. The number of halogens is 5. The second kappa shape index (κ2) is 4.36. The zero-order valence-electron chi connectivity index (χ0n) is 8.80. The molecule has 6 heteroatoms. The predicted octanol–water partition coefficient (Wildman–Crippen LogP) is 4.05. The van der Waals surface area contributed by atoms with E-state index in [4.69, 9.17) is 0 Å². The normalized spacial score (nSPS) is 11.6. The number of hydrogen-bond donors (Lipinski definition) is 0. The van der Waals surface area contributed by atoms with Crippen molar-refractivity contribution in [2.45, 2.75) is 6.18 Å². The van der Waals surface area contributed by atoms with Gasteiger partial charge in [-0.05, 0) is 23.8 Å². The SMILES string of the molecule is Fc1ccc(-c2cnc(F)c(C(F)(F)F)c2)cc1. The van der Waals surface area contributed by atoms with Crippen molar-refractivity contribution in [1.82, 2.24) is 4.98 Å². The van der Waals surface area contributed by atoms with Gasteiger partial charge in [-0.3, -0.25) is 0 Å². The van der Waals surface area contributed by atoms with Crippen LogP contribution in [-0.4, -0.2) is 4.98 Å². The summed E-state index contributed by atoms with van der Waals surface area (Å²) in [5.74, 6) is -2.08. The highest BCUT2D eigenvalue weighted by Gasteiger charge is 2.35. The second-order valence-corrected chi connectivity index (χ2v) is 3.57. The molecule has 0 atom stereocenters. The summed E-state index contributed by atoms with van der Waals surface area (Å²) in [6.45, 7) is 0. The summed E-state index contributed by atoms with van der Waals surface area (Å²) in [5.41, 5.74) is -1.04. The minimum Gasteiger partial charge on any atom is -0.227 e. The van der Waals surface area contributed by atoms with E-state index in [0.29, 0.717) is 11.6 Å². The Hall–Kier alpha value is -1.98. The fourth-order valence-corrected chi connectivity index (χ4v) is 1.45. The third kappa shape index (κ3) is 2.47. The molecule has 18 heavy (non-hydrogen) atoms. The smallest absolute Gasteiger partial charge is 0.227 e. The molecule has 94 valence electrons. The Kier molecular flexibility index (Phi) is 3.02. The fraction of sp³-hybridized carbons (Fsp3) is 0.0833. The molecular weight excluding hydrogens is 253 g/mol. The minimum atomic E-state index is -4.81. The van der Waals surface area contributed by atoms with Gasteiger partial charge in [-0.25, -0.2) is 9.37 Å². The van der Waals surface area contributed by atoms with Crippen LogP contribution >= 0.6 is 0 Å². The summed E-state index contributed by atoms with van der Waals surface area (Å²) in [7, 11) is 0. The lowest BCUT2D eigenvalue weighted by Gasteiger charge is -2.09. The van der Waals surface area contributed by atoms with Gasteiger partial charge in [0.1, 0.15) is 11.4 Å². The molecule has 0 bridgehead atoms. The average molecular weight is 259 g/mol. The molecule has 0 unspecified atom stereocenters. The first kappa shape index (κ1) is 12.5. The quantitative estimate of drug-likeness (QED) is 0.556. The van der Waals surface area contributed by atoms with Gasteiger partial charge in [0.05, 0.1) is 0 Å². The maximum atomic E-state index is 13.0. The number of aromatic nitrogens is 1. The maximum Gasteiger partial charge on any atom is 0.420 e. The van der Waals surface area contributed by atoms with Crippen molar-refractivity contribution in [3.63, 3.8) is 0 Å². The molecule has 1 nitrogen and oxygen atoms in total. The molecule has 0 saturated heterocycles. The van der Waals surface area contributed by atoms with E-state index in [-0.39, 0.29) is 5.56 Å². The lowest BCUT2D eigenvalue weighted by Crippen LogP contribution is -2.09. The van der Waals surface area contributed by atoms with Crippen molar-refractivity contribution in [2.75, 3.05) is 0 Å². The number of rotatable bonds is 1. The van der Waals surface area contributed by atoms with E-state index in [2.05, 4.69) is 4.98 Å². The standard InChI is InChI=1S/C12H6F5N/c13-9-3-1-7(2-4-9)8-5-10(12(15,16)17)11(14)18-6-8/h1-6H. The molecule has 0 N–H and O–H groups in total. The van der Waals surface area contributed by atoms with Crippen LogP contribution in [-0.2, 0) is 6.18 Å². The molecule has 0 saturated carbocycles. The molecule has 0 aliphatic rings. The molecule has 2 aromatic rings. The van der Waals surface area contributed by atoms with Gasteiger partial charge in [0.25, 0.3) is 0 Å². The molecule has 0 fully saturated rings. The Labute approximate surface area is 98.9 Å². The Morgan fingerprint density at radius 3 is 2.06 bits per heavy atom. The topological polar surface area (TPSA) is 12.9 Å². The number of pyridine rings is 1. The number of benzene rings is 1. The zero-order chi connectivity index (χ0) is 13.3. The van der Waals surface area contributed by atoms with Crippen LogP contribution in [0.3, 0.4) is 0 Å². The lowest BCUT2D eigenvalue weighted by molar-refractivity contribution is -0.140. The van der Waals surface area contributed by atoms with Crippen LogP contribution in [0.1, 0.15) is 5.56 Å². The first-order valence-electron chi connectivity index (χ1n) is 4.86. The summed E-state index contributed by atoms with van der Waals surface area (Å²) in [6.07, 6.45) is -3.84. The summed E-state index contributed by atoms with van der Waals surface area (Å²) in [5, 5.41) is 0. The molecular formula is C12H6F5N. The Bertz CT molecular complexity index is 560. The third-order valence-corrected chi connectivity index (χ3v) is 2.32. The lowest BCUT2D eigenvalue weighted by atomic mass is 10.1. The Morgan fingerprint density at radius 1 is 0.889 bits per heavy atom. The highest BCUT2D eigenvalue weighted by molar-refractivity contribution is 5.63. The van der Waals surface area contributed by atoms with E-state index in [1.165, 1.54) is 12.1 Å². The predicted molar refractivity (Wildman–Crippen MR) is 54.6 cm³/mol. The van der Waals surface area contributed by atoms with E-state index in [1.807, 2.05) is 0 Å². The average Bonchev–Trinajstić information content (AvgIpc) is 2.29. The number of hydrogen-bond acceptors (Lipinski definition) is 1. The molecule has 0 radical (unpaired) electrons. The van der Waals surface area contributed by atoms with Gasteiger partial charge in [-0.1, -0.05) is 12.1 Å². The van der Waals surface area contributed by atoms with Gasteiger partial charge < -0.3 is 0 Å². The number of alkyl halides is 3. The van der Waals surface area contributed by atoms with E-state index in [9.17, 15) is 22.0 Å².